The predicted octanol–water partition coefficient (Wildman–Crippen LogP) is 1.49. The van der Waals surface area contributed by atoms with E-state index in [4.69, 9.17) is 9.47 Å². The van der Waals surface area contributed by atoms with E-state index in [9.17, 15) is 4.79 Å². The minimum Gasteiger partial charge on any atom is -0.465 e. The Labute approximate surface area is 97.7 Å². The Hall–Kier alpha value is -0.610. The molecule has 0 aromatic heterocycles. The van der Waals surface area contributed by atoms with Crippen LogP contribution in [-0.4, -0.2) is 37.9 Å². The summed E-state index contributed by atoms with van der Waals surface area (Å²) in [5.74, 6) is -0.115. The Morgan fingerprint density at radius 1 is 1.44 bits per heavy atom. The molecule has 4 nitrogen and oxygen atoms in total. The van der Waals surface area contributed by atoms with Gasteiger partial charge in [-0.05, 0) is 26.2 Å². The van der Waals surface area contributed by atoms with Gasteiger partial charge < -0.3 is 14.8 Å². The van der Waals surface area contributed by atoms with Crippen LogP contribution in [0.5, 0.6) is 0 Å². The molecule has 1 aliphatic rings. The van der Waals surface area contributed by atoms with Crippen LogP contribution in [0.1, 0.15) is 39.5 Å². The largest absolute Gasteiger partial charge is 0.465 e. The maximum Gasteiger partial charge on any atom is 0.323 e. The smallest absolute Gasteiger partial charge is 0.323 e. The molecule has 0 aromatic carbocycles. The molecule has 1 heterocycles. The van der Waals surface area contributed by atoms with Crippen molar-refractivity contribution in [1.82, 2.24) is 5.32 Å². The average molecular weight is 229 g/mol. The maximum atomic E-state index is 11.7. The molecule has 0 amide bonds. The molecule has 1 fully saturated rings. The lowest BCUT2D eigenvalue weighted by molar-refractivity contribution is -0.146. The molecule has 0 aliphatic carbocycles. The molecule has 1 saturated heterocycles. The fourth-order valence-corrected chi connectivity index (χ4v) is 1.95. The Bertz CT molecular complexity index is 202. The van der Waals surface area contributed by atoms with Crippen LogP contribution in [0.2, 0.25) is 0 Å². The van der Waals surface area contributed by atoms with Crippen molar-refractivity contribution in [2.24, 2.45) is 0 Å². The van der Waals surface area contributed by atoms with E-state index in [0.29, 0.717) is 12.6 Å². The lowest BCUT2D eigenvalue weighted by atomic mass is 10.1. The van der Waals surface area contributed by atoms with Gasteiger partial charge in [0.25, 0.3) is 0 Å². The predicted molar refractivity (Wildman–Crippen MR) is 62.3 cm³/mol. The molecule has 1 N–H and O–H groups in total. The first-order valence-corrected chi connectivity index (χ1v) is 6.28. The summed E-state index contributed by atoms with van der Waals surface area (Å²) >= 11 is 0. The number of carbonyl (C=O) groups excluding carboxylic acids is 1. The topological polar surface area (TPSA) is 47.6 Å². The average Bonchev–Trinajstić information content (AvgIpc) is 2.30. The zero-order valence-electron chi connectivity index (χ0n) is 10.3. The van der Waals surface area contributed by atoms with Gasteiger partial charge in [0, 0.05) is 19.3 Å². The summed E-state index contributed by atoms with van der Waals surface area (Å²) in [5, 5.41) is 3.39. The van der Waals surface area contributed by atoms with Gasteiger partial charge in [-0.1, -0.05) is 13.3 Å². The highest BCUT2D eigenvalue weighted by Gasteiger charge is 2.23. The highest BCUT2D eigenvalue weighted by atomic mass is 16.5. The van der Waals surface area contributed by atoms with Crippen LogP contribution >= 0.6 is 0 Å². The van der Waals surface area contributed by atoms with Crippen molar-refractivity contribution in [1.29, 1.82) is 0 Å². The maximum absolute atomic E-state index is 11.7. The molecule has 16 heavy (non-hydrogen) atoms. The summed E-state index contributed by atoms with van der Waals surface area (Å²) < 4.78 is 10.4. The van der Waals surface area contributed by atoms with Crippen molar-refractivity contribution >= 4 is 5.97 Å². The highest BCUT2D eigenvalue weighted by molar-refractivity contribution is 5.75. The van der Waals surface area contributed by atoms with Gasteiger partial charge >= 0.3 is 5.97 Å². The van der Waals surface area contributed by atoms with Gasteiger partial charge in [0.2, 0.25) is 0 Å². The van der Waals surface area contributed by atoms with Crippen molar-refractivity contribution < 1.29 is 14.3 Å². The second-order valence-electron chi connectivity index (χ2n) is 4.15. The minimum absolute atomic E-state index is 0.115. The molecule has 0 aromatic rings. The number of carbonyl (C=O) groups is 1. The number of hydrogen-bond donors (Lipinski definition) is 1. The summed E-state index contributed by atoms with van der Waals surface area (Å²) in [6, 6.07) is 0.253. The molecular formula is C12H23NO3. The van der Waals surface area contributed by atoms with E-state index in [2.05, 4.69) is 12.2 Å². The molecule has 0 saturated carbocycles. The molecule has 0 bridgehead atoms. The molecule has 1 unspecified atom stereocenters. The normalized spacial score (nSPS) is 19.4. The molecule has 0 radical (unpaired) electrons. The Balaban J connectivity index is 2.39. The summed E-state index contributed by atoms with van der Waals surface area (Å²) in [4.78, 5) is 11.7. The molecular weight excluding hydrogens is 206 g/mol. The Morgan fingerprint density at radius 2 is 2.12 bits per heavy atom. The van der Waals surface area contributed by atoms with E-state index < -0.39 is 0 Å². The van der Waals surface area contributed by atoms with Crippen molar-refractivity contribution in [3.05, 3.63) is 0 Å². The van der Waals surface area contributed by atoms with E-state index in [1.807, 2.05) is 6.92 Å². The summed E-state index contributed by atoms with van der Waals surface area (Å²) in [6.07, 6.45) is 3.80. The lowest BCUT2D eigenvalue weighted by Gasteiger charge is -2.27. The van der Waals surface area contributed by atoms with E-state index >= 15 is 0 Å². The quantitative estimate of drug-likeness (QED) is 0.701. The Morgan fingerprint density at radius 3 is 2.69 bits per heavy atom. The summed E-state index contributed by atoms with van der Waals surface area (Å²) in [6.45, 7) is 5.96. The van der Waals surface area contributed by atoms with Gasteiger partial charge in [0.1, 0.15) is 6.04 Å². The SMILES string of the molecule is CCCC(NC1CCOCC1)C(=O)OCC. The minimum atomic E-state index is -0.145. The van der Waals surface area contributed by atoms with Crippen molar-refractivity contribution in [3.8, 4) is 0 Å². The number of nitrogens with one attached hydrogen (secondary N) is 1. The van der Waals surface area contributed by atoms with Gasteiger partial charge in [-0.2, -0.15) is 0 Å². The zero-order chi connectivity index (χ0) is 11.8. The Kier molecular flexibility index (Phi) is 6.42. The third-order valence-electron chi connectivity index (χ3n) is 2.81. The fourth-order valence-electron chi connectivity index (χ4n) is 1.95. The van der Waals surface area contributed by atoms with Gasteiger partial charge in [0.05, 0.1) is 6.61 Å². The molecule has 1 atom stereocenters. The summed E-state index contributed by atoms with van der Waals surface area (Å²) in [7, 11) is 0. The van der Waals surface area contributed by atoms with Crippen molar-refractivity contribution in [3.63, 3.8) is 0 Å². The van der Waals surface area contributed by atoms with E-state index in [0.717, 1.165) is 38.9 Å². The molecule has 1 aliphatic heterocycles. The second-order valence-corrected chi connectivity index (χ2v) is 4.15. The molecule has 4 heteroatoms. The number of hydrogen-bond acceptors (Lipinski definition) is 4. The highest BCUT2D eigenvalue weighted by Crippen LogP contribution is 2.10. The van der Waals surface area contributed by atoms with E-state index in [1.54, 1.807) is 0 Å². The van der Waals surface area contributed by atoms with Crippen LogP contribution in [0.25, 0.3) is 0 Å². The van der Waals surface area contributed by atoms with Crippen LogP contribution in [0.4, 0.5) is 0 Å². The molecule has 94 valence electrons. The summed E-state index contributed by atoms with van der Waals surface area (Å²) in [5.41, 5.74) is 0. The van der Waals surface area contributed by atoms with Crippen LogP contribution in [0.15, 0.2) is 0 Å². The first-order chi connectivity index (χ1) is 7.77. The zero-order valence-corrected chi connectivity index (χ0v) is 10.3. The van der Waals surface area contributed by atoms with E-state index in [-0.39, 0.29) is 12.0 Å². The number of rotatable bonds is 6. The van der Waals surface area contributed by atoms with Crippen molar-refractivity contribution in [2.45, 2.75) is 51.6 Å². The fraction of sp³-hybridized carbons (Fsp3) is 0.917. The first kappa shape index (κ1) is 13.5. The lowest BCUT2D eigenvalue weighted by Crippen LogP contribution is -2.46. The van der Waals surface area contributed by atoms with Gasteiger partial charge in [-0.15, -0.1) is 0 Å². The standard InChI is InChI=1S/C12H23NO3/c1-3-5-11(12(14)16-4-2)13-10-6-8-15-9-7-10/h10-11,13H,3-9H2,1-2H3. The van der Waals surface area contributed by atoms with Gasteiger partial charge in [-0.25, -0.2) is 0 Å². The number of esters is 1. The second kappa shape index (κ2) is 7.63. The van der Waals surface area contributed by atoms with Crippen LogP contribution in [-0.2, 0) is 14.3 Å². The first-order valence-electron chi connectivity index (χ1n) is 6.28. The van der Waals surface area contributed by atoms with Crippen LogP contribution < -0.4 is 5.32 Å². The number of ether oxygens (including phenoxy) is 2. The van der Waals surface area contributed by atoms with Gasteiger partial charge in [0.15, 0.2) is 0 Å². The molecule has 0 spiro atoms. The third-order valence-corrected chi connectivity index (χ3v) is 2.81. The van der Waals surface area contributed by atoms with Crippen LogP contribution in [0, 0.1) is 0 Å². The third kappa shape index (κ3) is 4.49. The molecule has 1 rings (SSSR count). The van der Waals surface area contributed by atoms with Crippen molar-refractivity contribution in [2.75, 3.05) is 19.8 Å². The monoisotopic (exact) mass is 229 g/mol. The van der Waals surface area contributed by atoms with Gasteiger partial charge in [-0.3, -0.25) is 4.79 Å². The van der Waals surface area contributed by atoms with Crippen LogP contribution in [0.3, 0.4) is 0 Å². The van der Waals surface area contributed by atoms with E-state index in [1.165, 1.54) is 0 Å².